The molecule has 0 bridgehead atoms. The largest absolute Gasteiger partial charge is 0.493 e. The number of methoxy groups -OCH3 is 2. The molecule has 28 heavy (non-hydrogen) atoms. The summed E-state index contributed by atoms with van der Waals surface area (Å²) in [4.78, 5) is 12.7. The minimum Gasteiger partial charge on any atom is -0.493 e. The van der Waals surface area contributed by atoms with E-state index in [4.69, 9.17) is 9.47 Å². The standard InChI is InChI=1S/C22H25FN2O3/c1-22(2)14-25(20(26)11-8-15-6-5-7-17(23)12-15)24-21(22)16-9-10-18(27-3)19(13-16)28-4/h5-7,9-10,12-13H,8,11,14H2,1-4H3. The van der Waals surface area contributed by atoms with Gasteiger partial charge in [-0.1, -0.05) is 26.0 Å². The van der Waals surface area contributed by atoms with E-state index in [1.807, 2.05) is 24.3 Å². The van der Waals surface area contributed by atoms with Crippen LogP contribution >= 0.6 is 0 Å². The SMILES string of the molecule is COc1ccc(C2=NN(C(=O)CCc3cccc(F)c3)CC2(C)C)cc1OC. The molecule has 0 atom stereocenters. The second kappa shape index (κ2) is 8.00. The van der Waals surface area contributed by atoms with E-state index < -0.39 is 0 Å². The van der Waals surface area contributed by atoms with Gasteiger partial charge in [-0.2, -0.15) is 5.10 Å². The van der Waals surface area contributed by atoms with Crippen molar-refractivity contribution >= 4 is 11.6 Å². The van der Waals surface area contributed by atoms with Crippen LogP contribution in [0.5, 0.6) is 11.5 Å². The van der Waals surface area contributed by atoms with Crippen LogP contribution in [0.15, 0.2) is 47.6 Å². The maximum Gasteiger partial charge on any atom is 0.243 e. The summed E-state index contributed by atoms with van der Waals surface area (Å²) in [6.07, 6.45) is 0.761. The summed E-state index contributed by atoms with van der Waals surface area (Å²) in [5.74, 6) is 0.897. The molecule has 2 aromatic rings. The lowest BCUT2D eigenvalue weighted by molar-refractivity contribution is -0.131. The third-order valence-corrected chi connectivity index (χ3v) is 4.87. The molecule has 0 N–H and O–H groups in total. The molecule has 2 aromatic carbocycles. The Kier molecular flexibility index (Phi) is 5.68. The molecule has 1 aliphatic rings. The Labute approximate surface area is 164 Å². The zero-order valence-corrected chi connectivity index (χ0v) is 16.7. The number of carbonyl (C=O) groups excluding carboxylic acids is 1. The monoisotopic (exact) mass is 384 g/mol. The van der Waals surface area contributed by atoms with E-state index in [2.05, 4.69) is 18.9 Å². The van der Waals surface area contributed by atoms with Gasteiger partial charge in [0.1, 0.15) is 5.82 Å². The zero-order valence-electron chi connectivity index (χ0n) is 16.7. The summed E-state index contributed by atoms with van der Waals surface area (Å²) in [7, 11) is 3.18. The van der Waals surface area contributed by atoms with Gasteiger partial charge in [0.05, 0.1) is 26.5 Å². The number of hydrogen-bond acceptors (Lipinski definition) is 4. The molecule has 1 amide bonds. The minimum absolute atomic E-state index is 0.0761. The highest BCUT2D eigenvalue weighted by Crippen LogP contribution is 2.35. The van der Waals surface area contributed by atoms with Crippen LogP contribution in [0.1, 0.15) is 31.4 Å². The van der Waals surface area contributed by atoms with Gasteiger partial charge < -0.3 is 9.47 Å². The van der Waals surface area contributed by atoms with Crippen LogP contribution in [0.3, 0.4) is 0 Å². The van der Waals surface area contributed by atoms with Crippen LogP contribution in [-0.2, 0) is 11.2 Å². The topological polar surface area (TPSA) is 51.1 Å². The van der Waals surface area contributed by atoms with Crippen LogP contribution in [0.2, 0.25) is 0 Å². The van der Waals surface area contributed by atoms with Gasteiger partial charge in [-0.25, -0.2) is 9.40 Å². The molecular weight excluding hydrogens is 359 g/mol. The minimum atomic E-state index is -0.298. The summed E-state index contributed by atoms with van der Waals surface area (Å²) in [5, 5.41) is 6.12. The molecule has 0 fully saturated rings. The molecule has 0 radical (unpaired) electrons. The van der Waals surface area contributed by atoms with Crippen LogP contribution in [-0.4, -0.2) is 37.4 Å². The fraction of sp³-hybridized carbons (Fsp3) is 0.364. The highest BCUT2D eigenvalue weighted by atomic mass is 19.1. The van der Waals surface area contributed by atoms with Gasteiger partial charge in [0.25, 0.3) is 0 Å². The first-order valence-corrected chi connectivity index (χ1v) is 9.20. The molecule has 0 aliphatic carbocycles. The predicted octanol–water partition coefficient (Wildman–Crippen LogP) is 4.05. The van der Waals surface area contributed by atoms with Crippen molar-refractivity contribution in [1.82, 2.24) is 5.01 Å². The summed E-state index contributed by atoms with van der Waals surface area (Å²) >= 11 is 0. The zero-order chi connectivity index (χ0) is 20.3. The first kappa shape index (κ1) is 19.9. The van der Waals surface area contributed by atoms with Crippen LogP contribution in [0.4, 0.5) is 4.39 Å². The van der Waals surface area contributed by atoms with Crippen molar-refractivity contribution in [3.8, 4) is 11.5 Å². The van der Waals surface area contributed by atoms with E-state index in [0.717, 1.165) is 16.8 Å². The number of aryl methyl sites for hydroxylation is 1. The van der Waals surface area contributed by atoms with Crippen LogP contribution < -0.4 is 9.47 Å². The van der Waals surface area contributed by atoms with Crippen LogP contribution in [0.25, 0.3) is 0 Å². The smallest absolute Gasteiger partial charge is 0.243 e. The van der Waals surface area contributed by atoms with Gasteiger partial charge in [0.2, 0.25) is 5.91 Å². The number of halogens is 1. The third-order valence-electron chi connectivity index (χ3n) is 4.87. The number of nitrogens with zero attached hydrogens (tertiary/aromatic N) is 2. The van der Waals surface area contributed by atoms with Crippen molar-refractivity contribution < 1.29 is 18.7 Å². The van der Waals surface area contributed by atoms with Crippen molar-refractivity contribution in [2.45, 2.75) is 26.7 Å². The Morgan fingerprint density at radius 1 is 1.14 bits per heavy atom. The molecule has 148 valence electrons. The Morgan fingerprint density at radius 2 is 1.89 bits per heavy atom. The number of hydrogen-bond donors (Lipinski definition) is 0. The molecule has 1 aliphatic heterocycles. The molecule has 5 nitrogen and oxygen atoms in total. The van der Waals surface area contributed by atoms with Gasteiger partial charge in [0.15, 0.2) is 11.5 Å². The molecule has 0 saturated heterocycles. The molecule has 0 unspecified atom stereocenters. The summed E-state index contributed by atoms with van der Waals surface area (Å²) in [6.45, 7) is 4.61. The molecular formula is C22H25FN2O3. The molecule has 1 heterocycles. The number of carbonyl (C=O) groups is 1. The first-order chi connectivity index (χ1) is 13.3. The van der Waals surface area contributed by atoms with Crippen molar-refractivity contribution in [2.24, 2.45) is 10.5 Å². The summed E-state index contributed by atoms with van der Waals surface area (Å²) < 4.78 is 24.0. The molecule has 0 spiro atoms. The maximum absolute atomic E-state index is 13.3. The molecule has 0 aromatic heterocycles. The van der Waals surface area contributed by atoms with Gasteiger partial charge in [0, 0.05) is 17.4 Å². The van der Waals surface area contributed by atoms with E-state index in [0.29, 0.717) is 24.5 Å². The summed E-state index contributed by atoms with van der Waals surface area (Å²) in [6, 6.07) is 12.0. The second-order valence-electron chi connectivity index (χ2n) is 7.48. The number of benzene rings is 2. The van der Waals surface area contributed by atoms with Gasteiger partial charge in [-0.05, 0) is 42.3 Å². The molecule has 6 heteroatoms. The van der Waals surface area contributed by atoms with Gasteiger partial charge in [-0.3, -0.25) is 4.79 Å². The average Bonchev–Trinajstić information content (AvgIpc) is 3.01. The van der Waals surface area contributed by atoms with E-state index in [1.165, 1.54) is 17.1 Å². The molecule has 0 saturated carbocycles. The Morgan fingerprint density at radius 3 is 2.57 bits per heavy atom. The maximum atomic E-state index is 13.3. The Bertz CT molecular complexity index is 908. The number of hydrazone groups is 1. The normalized spacial score (nSPS) is 15.3. The quantitative estimate of drug-likeness (QED) is 0.755. The number of amides is 1. The second-order valence-corrected chi connectivity index (χ2v) is 7.48. The predicted molar refractivity (Wildman–Crippen MR) is 106 cm³/mol. The van der Waals surface area contributed by atoms with Crippen LogP contribution in [0, 0.1) is 11.2 Å². The van der Waals surface area contributed by atoms with E-state index in [1.54, 1.807) is 20.3 Å². The van der Waals surface area contributed by atoms with Gasteiger partial charge in [-0.15, -0.1) is 0 Å². The highest BCUT2D eigenvalue weighted by molar-refractivity contribution is 6.06. The lowest BCUT2D eigenvalue weighted by Gasteiger charge is -2.21. The van der Waals surface area contributed by atoms with E-state index in [9.17, 15) is 9.18 Å². The fourth-order valence-corrected chi connectivity index (χ4v) is 3.39. The van der Waals surface area contributed by atoms with E-state index >= 15 is 0 Å². The van der Waals surface area contributed by atoms with E-state index in [-0.39, 0.29) is 23.6 Å². The Balaban J connectivity index is 1.77. The highest BCUT2D eigenvalue weighted by Gasteiger charge is 2.37. The van der Waals surface area contributed by atoms with Crippen molar-refractivity contribution in [2.75, 3.05) is 20.8 Å². The summed E-state index contributed by atoms with van der Waals surface area (Å²) in [5.41, 5.74) is 2.22. The van der Waals surface area contributed by atoms with Crippen molar-refractivity contribution in [1.29, 1.82) is 0 Å². The lowest BCUT2D eigenvalue weighted by atomic mass is 9.84. The third kappa shape index (κ3) is 4.16. The average molecular weight is 384 g/mol. The number of rotatable bonds is 6. The van der Waals surface area contributed by atoms with Gasteiger partial charge >= 0.3 is 0 Å². The first-order valence-electron chi connectivity index (χ1n) is 9.20. The fourth-order valence-electron chi connectivity index (χ4n) is 3.39. The molecule has 3 rings (SSSR count). The van der Waals surface area contributed by atoms with Crippen molar-refractivity contribution in [3.63, 3.8) is 0 Å². The number of ether oxygens (including phenoxy) is 2. The Hall–Kier alpha value is -2.89. The lowest BCUT2D eigenvalue weighted by Crippen LogP contribution is -2.31. The van der Waals surface area contributed by atoms with Crippen molar-refractivity contribution in [3.05, 3.63) is 59.4 Å².